The van der Waals surface area contributed by atoms with Crippen molar-refractivity contribution in [3.8, 4) is 11.5 Å². The Bertz CT molecular complexity index is 874. The maximum atomic E-state index is 13.0. The minimum Gasteiger partial charge on any atom is -0.412 e. The molecule has 114 valence electrons. The van der Waals surface area contributed by atoms with Gasteiger partial charge in [0.2, 0.25) is 5.89 Å². The molecule has 0 unspecified atom stereocenters. The van der Waals surface area contributed by atoms with E-state index in [0.29, 0.717) is 12.1 Å². The van der Waals surface area contributed by atoms with E-state index in [1.807, 2.05) is 24.3 Å². The fraction of sp³-hybridized carbons (Fsp3) is 0.118. The van der Waals surface area contributed by atoms with Crippen LogP contribution in [0.4, 0.5) is 10.1 Å². The molecule has 0 aliphatic carbocycles. The molecule has 1 aliphatic rings. The molecular formula is C17H12FN3O2. The maximum absolute atomic E-state index is 13.0. The van der Waals surface area contributed by atoms with E-state index in [2.05, 4.69) is 10.2 Å². The lowest BCUT2D eigenvalue weighted by Crippen LogP contribution is -2.29. The van der Waals surface area contributed by atoms with Crippen LogP contribution < -0.4 is 4.90 Å². The number of fused-ring (bicyclic) bond motifs is 1. The average molecular weight is 309 g/mol. The molecule has 0 spiro atoms. The molecule has 5 nitrogen and oxygen atoms in total. The Morgan fingerprint density at radius 3 is 2.70 bits per heavy atom. The summed E-state index contributed by atoms with van der Waals surface area (Å²) in [6.07, 6.45) is 0.806. The van der Waals surface area contributed by atoms with Gasteiger partial charge in [0.15, 0.2) is 0 Å². The van der Waals surface area contributed by atoms with Gasteiger partial charge in [-0.3, -0.25) is 4.79 Å². The molecule has 0 fully saturated rings. The van der Waals surface area contributed by atoms with Gasteiger partial charge in [0, 0.05) is 17.8 Å². The first-order chi connectivity index (χ1) is 11.2. The zero-order valence-corrected chi connectivity index (χ0v) is 12.1. The van der Waals surface area contributed by atoms with Crippen LogP contribution in [-0.2, 0) is 6.42 Å². The highest BCUT2D eigenvalue weighted by molar-refractivity contribution is 6.04. The Balaban J connectivity index is 1.62. The summed E-state index contributed by atoms with van der Waals surface area (Å²) in [5.74, 6) is -0.545. The van der Waals surface area contributed by atoms with E-state index < -0.39 is 0 Å². The van der Waals surface area contributed by atoms with Crippen molar-refractivity contribution >= 4 is 11.6 Å². The highest BCUT2D eigenvalue weighted by atomic mass is 19.1. The van der Waals surface area contributed by atoms with E-state index in [4.69, 9.17) is 4.42 Å². The summed E-state index contributed by atoms with van der Waals surface area (Å²) in [4.78, 5) is 14.2. The minimum atomic E-state index is -0.349. The van der Waals surface area contributed by atoms with Crippen LogP contribution in [0.2, 0.25) is 0 Å². The van der Waals surface area contributed by atoms with Gasteiger partial charge < -0.3 is 9.32 Å². The van der Waals surface area contributed by atoms with Crippen LogP contribution in [-0.4, -0.2) is 22.6 Å². The Morgan fingerprint density at radius 2 is 1.87 bits per heavy atom. The Morgan fingerprint density at radius 1 is 1.09 bits per heavy atom. The molecule has 1 aromatic heterocycles. The number of carbonyl (C=O) groups excluding carboxylic acids is 1. The molecule has 2 heterocycles. The monoisotopic (exact) mass is 309 g/mol. The second-order valence-corrected chi connectivity index (χ2v) is 5.25. The van der Waals surface area contributed by atoms with Gasteiger partial charge in [0.1, 0.15) is 5.82 Å². The van der Waals surface area contributed by atoms with Crippen LogP contribution in [0.25, 0.3) is 11.5 Å². The van der Waals surface area contributed by atoms with Crippen LogP contribution in [0.5, 0.6) is 0 Å². The largest absolute Gasteiger partial charge is 0.412 e. The predicted molar refractivity (Wildman–Crippen MR) is 81.5 cm³/mol. The highest BCUT2D eigenvalue weighted by Crippen LogP contribution is 2.29. The van der Waals surface area contributed by atoms with Gasteiger partial charge in [-0.15, -0.1) is 10.2 Å². The summed E-state index contributed by atoms with van der Waals surface area (Å²) in [6.45, 7) is 0.590. The van der Waals surface area contributed by atoms with Crippen molar-refractivity contribution in [2.24, 2.45) is 0 Å². The number of hydrogen-bond donors (Lipinski definition) is 0. The van der Waals surface area contributed by atoms with Gasteiger partial charge in [-0.1, -0.05) is 18.2 Å². The van der Waals surface area contributed by atoms with Crippen LogP contribution in [0.3, 0.4) is 0 Å². The molecule has 0 N–H and O–H groups in total. The van der Waals surface area contributed by atoms with E-state index in [1.54, 1.807) is 4.90 Å². The van der Waals surface area contributed by atoms with Gasteiger partial charge in [0.25, 0.3) is 0 Å². The van der Waals surface area contributed by atoms with E-state index >= 15 is 0 Å². The molecule has 0 radical (unpaired) electrons. The first-order valence-electron chi connectivity index (χ1n) is 7.21. The second kappa shape index (κ2) is 5.31. The first kappa shape index (κ1) is 13.6. The summed E-state index contributed by atoms with van der Waals surface area (Å²) in [7, 11) is 0. The van der Waals surface area contributed by atoms with E-state index in [0.717, 1.165) is 17.7 Å². The lowest BCUT2D eigenvalue weighted by atomic mass is 10.2. The number of benzene rings is 2. The third-order valence-electron chi connectivity index (χ3n) is 3.83. The summed E-state index contributed by atoms with van der Waals surface area (Å²) in [5, 5.41) is 7.71. The summed E-state index contributed by atoms with van der Waals surface area (Å²) in [5.41, 5.74) is 2.57. The Labute approximate surface area is 131 Å². The molecule has 23 heavy (non-hydrogen) atoms. The number of halogens is 1. The summed E-state index contributed by atoms with van der Waals surface area (Å²) in [6, 6.07) is 13.4. The third kappa shape index (κ3) is 2.38. The second-order valence-electron chi connectivity index (χ2n) is 5.25. The molecule has 0 atom stereocenters. The lowest BCUT2D eigenvalue weighted by molar-refractivity contribution is 0.0956. The molecule has 6 heteroatoms. The number of hydrogen-bond acceptors (Lipinski definition) is 4. The summed E-state index contributed by atoms with van der Waals surface area (Å²) < 4.78 is 18.4. The molecule has 4 rings (SSSR count). The smallest absolute Gasteiger partial charge is 0.315 e. The quantitative estimate of drug-likeness (QED) is 0.730. The van der Waals surface area contributed by atoms with Crippen molar-refractivity contribution in [3.63, 3.8) is 0 Å². The number of aromatic nitrogens is 2. The van der Waals surface area contributed by atoms with Crippen LogP contribution >= 0.6 is 0 Å². The van der Waals surface area contributed by atoms with Gasteiger partial charge >= 0.3 is 11.8 Å². The van der Waals surface area contributed by atoms with Crippen molar-refractivity contribution in [2.45, 2.75) is 6.42 Å². The van der Waals surface area contributed by atoms with Crippen molar-refractivity contribution < 1.29 is 13.6 Å². The Kier molecular flexibility index (Phi) is 3.15. The molecule has 1 aliphatic heterocycles. The number of amides is 1. The topological polar surface area (TPSA) is 59.2 Å². The van der Waals surface area contributed by atoms with Gasteiger partial charge in [-0.05, 0) is 42.3 Å². The third-order valence-corrected chi connectivity index (χ3v) is 3.83. The Hall–Kier alpha value is -3.02. The highest BCUT2D eigenvalue weighted by Gasteiger charge is 2.28. The fourth-order valence-electron chi connectivity index (χ4n) is 2.68. The van der Waals surface area contributed by atoms with Gasteiger partial charge in [-0.25, -0.2) is 4.39 Å². The molecule has 3 aromatic rings. The van der Waals surface area contributed by atoms with Gasteiger partial charge in [-0.2, -0.15) is 0 Å². The van der Waals surface area contributed by atoms with Crippen LogP contribution in [0, 0.1) is 5.82 Å². The minimum absolute atomic E-state index is 0.0685. The average Bonchev–Trinajstić information content (AvgIpc) is 3.22. The maximum Gasteiger partial charge on any atom is 0.315 e. The standard InChI is InChI=1S/C17H12FN3O2/c18-13-7-5-12(6-8-13)15-19-20-16(23-15)17(22)21-10-9-11-3-1-2-4-14(11)21/h1-8H,9-10H2. The molecule has 0 saturated carbocycles. The first-order valence-corrected chi connectivity index (χ1v) is 7.21. The fourth-order valence-corrected chi connectivity index (χ4v) is 2.68. The van der Waals surface area contributed by atoms with Gasteiger partial charge in [0.05, 0.1) is 0 Å². The lowest BCUT2D eigenvalue weighted by Gasteiger charge is -2.14. The number of carbonyl (C=O) groups is 1. The number of anilines is 1. The molecule has 0 bridgehead atoms. The van der Waals surface area contributed by atoms with E-state index in [1.165, 1.54) is 24.3 Å². The number of para-hydroxylation sites is 1. The van der Waals surface area contributed by atoms with Crippen molar-refractivity contribution in [1.29, 1.82) is 0 Å². The van der Waals surface area contributed by atoms with E-state index in [9.17, 15) is 9.18 Å². The number of nitrogens with zero attached hydrogens (tertiary/aromatic N) is 3. The molecular weight excluding hydrogens is 297 g/mol. The predicted octanol–water partition coefficient (Wildman–Crippen LogP) is 3.08. The molecule has 2 aromatic carbocycles. The molecule has 0 saturated heterocycles. The van der Waals surface area contributed by atoms with Crippen LogP contribution in [0.15, 0.2) is 52.9 Å². The van der Waals surface area contributed by atoms with Crippen LogP contribution in [0.1, 0.15) is 16.2 Å². The van der Waals surface area contributed by atoms with E-state index in [-0.39, 0.29) is 23.5 Å². The number of rotatable bonds is 2. The molecule has 1 amide bonds. The normalized spacial score (nSPS) is 13.2. The SMILES string of the molecule is O=C(c1nnc(-c2ccc(F)cc2)o1)N1CCc2ccccc21. The van der Waals surface area contributed by atoms with Crippen molar-refractivity contribution in [3.05, 3.63) is 65.8 Å². The van der Waals surface area contributed by atoms with Crippen molar-refractivity contribution in [2.75, 3.05) is 11.4 Å². The summed E-state index contributed by atoms with van der Waals surface area (Å²) >= 11 is 0. The zero-order valence-electron chi connectivity index (χ0n) is 12.1. The van der Waals surface area contributed by atoms with Crippen molar-refractivity contribution in [1.82, 2.24) is 10.2 Å². The zero-order chi connectivity index (χ0) is 15.8.